The van der Waals surface area contributed by atoms with Crippen LogP contribution in [0, 0.1) is 0 Å². The molecule has 2 aromatic rings. The van der Waals surface area contributed by atoms with Crippen LogP contribution in [0.5, 0.6) is 11.5 Å². The number of rotatable bonds is 4. The zero-order valence-corrected chi connectivity index (χ0v) is 12.3. The van der Waals surface area contributed by atoms with Crippen LogP contribution < -0.4 is 14.8 Å². The smallest absolute Gasteiger partial charge is 0.261 e. The number of methoxy groups -OCH3 is 2. The Hall–Kier alpha value is -2.08. The molecule has 0 bridgehead atoms. The van der Waals surface area contributed by atoms with Crippen molar-refractivity contribution in [3.05, 3.63) is 24.0 Å². The fourth-order valence-electron chi connectivity index (χ4n) is 2.56. The van der Waals surface area contributed by atoms with E-state index in [0.29, 0.717) is 17.6 Å². The summed E-state index contributed by atoms with van der Waals surface area (Å²) in [5.74, 6) is 2.95. The number of hydrogen-bond donors (Lipinski definition) is 1. The summed E-state index contributed by atoms with van der Waals surface area (Å²) in [6, 6.07) is 5.53. The lowest BCUT2D eigenvalue weighted by molar-refractivity contribution is 0.384. The van der Waals surface area contributed by atoms with Gasteiger partial charge in [0.2, 0.25) is 0 Å². The van der Waals surface area contributed by atoms with E-state index in [1.54, 1.807) is 20.3 Å². The molecule has 2 heterocycles. The third-order valence-electron chi connectivity index (χ3n) is 3.74. The summed E-state index contributed by atoms with van der Waals surface area (Å²) in [5, 5.41) is 7.48. The van der Waals surface area contributed by atoms with Crippen LogP contribution in [0.2, 0.25) is 0 Å². The Bertz CT molecular complexity index is 606. The maximum atomic E-state index is 5.41. The Morgan fingerprint density at radius 2 is 2.19 bits per heavy atom. The molecule has 1 saturated heterocycles. The lowest BCUT2D eigenvalue weighted by atomic mass is 9.99. The van der Waals surface area contributed by atoms with Crippen molar-refractivity contribution in [2.45, 2.75) is 18.8 Å². The lowest BCUT2D eigenvalue weighted by Crippen LogP contribution is -2.28. The zero-order chi connectivity index (χ0) is 14.7. The first-order valence-electron chi connectivity index (χ1n) is 7.08. The number of hydrogen-bond acceptors (Lipinski definition) is 6. The largest absolute Gasteiger partial charge is 0.497 e. The van der Waals surface area contributed by atoms with Crippen LogP contribution in [0.15, 0.2) is 22.7 Å². The van der Waals surface area contributed by atoms with Gasteiger partial charge in [-0.15, -0.1) is 0 Å². The molecule has 1 fully saturated rings. The first-order chi connectivity index (χ1) is 10.3. The first-order valence-corrected chi connectivity index (χ1v) is 7.08. The summed E-state index contributed by atoms with van der Waals surface area (Å²) < 4.78 is 16.0. The molecule has 1 aromatic carbocycles. The second kappa shape index (κ2) is 6.13. The van der Waals surface area contributed by atoms with E-state index >= 15 is 0 Å². The summed E-state index contributed by atoms with van der Waals surface area (Å²) in [6.45, 7) is 1.96. The minimum absolute atomic E-state index is 0.320. The van der Waals surface area contributed by atoms with Gasteiger partial charge in [-0.05, 0) is 31.5 Å². The molecule has 6 heteroatoms. The minimum atomic E-state index is 0.320. The number of nitrogens with one attached hydrogen (secondary N) is 1. The van der Waals surface area contributed by atoms with E-state index in [4.69, 9.17) is 14.0 Å². The van der Waals surface area contributed by atoms with Gasteiger partial charge in [-0.3, -0.25) is 0 Å². The molecule has 1 aliphatic heterocycles. The first kappa shape index (κ1) is 13.9. The van der Waals surface area contributed by atoms with Crippen LogP contribution in [0.25, 0.3) is 11.5 Å². The number of nitrogens with zero attached hydrogens (tertiary/aromatic N) is 2. The molecule has 1 atom stereocenters. The Labute approximate surface area is 123 Å². The monoisotopic (exact) mass is 289 g/mol. The Kier molecular flexibility index (Phi) is 4.06. The normalized spacial score (nSPS) is 18.5. The van der Waals surface area contributed by atoms with Gasteiger partial charge in [-0.1, -0.05) is 5.16 Å². The molecule has 112 valence electrons. The summed E-state index contributed by atoms with van der Waals surface area (Å²) in [7, 11) is 3.23. The van der Waals surface area contributed by atoms with Crippen molar-refractivity contribution >= 4 is 0 Å². The maximum Gasteiger partial charge on any atom is 0.261 e. The molecule has 0 saturated carbocycles. The third kappa shape index (κ3) is 2.85. The standard InChI is InChI=1S/C15H19N3O3/c1-19-11-5-6-12(13(8-11)20-2)15-17-14(18-21-15)10-4-3-7-16-9-10/h5-6,8,10,16H,3-4,7,9H2,1-2H3. The summed E-state index contributed by atoms with van der Waals surface area (Å²) in [6.07, 6.45) is 2.23. The Morgan fingerprint density at radius 3 is 2.90 bits per heavy atom. The van der Waals surface area contributed by atoms with Crippen molar-refractivity contribution in [3.8, 4) is 23.0 Å². The summed E-state index contributed by atoms with van der Waals surface area (Å²) in [5.41, 5.74) is 0.779. The van der Waals surface area contributed by atoms with Crippen molar-refractivity contribution in [1.29, 1.82) is 0 Å². The highest BCUT2D eigenvalue weighted by Crippen LogP contribution is 2.33. The van der Waals surface area contributed by atoms with E-state index in [9.17, 15) is 0 Å². The van der Waals surface area contributed by atoms with Crippen LogP contribution in [0.4, 0.5) is 0 Å². The van der Waals surface area contributed by atoms with Gasteiger partial charge in [-0.2, -0.15) is 4.98 Å². The molecule has 3 rings (SSSR count). The average molecular weight is 289 g/mol. The minimum Gasteiger partial charge on any atom is -0.497 e. The Balaban J connectivity index is 1.88. The van der Waals surface area contributed by atoms with Crippen LogP contribution in [0.1, 0.15) is 24.6 Å². The number of ether oxygens (including phenoxy) is 2. The van der Waals surface area contributed by atoms with Crippen LogP contribution in [0.3, 0.4) is 0 Å². The number of aromatic nitrogens is 2. The highest BCUT2D eigenvalue weighted by molar-refractivity contribution is 5.64. The SMILES string of the molecule is COc1ccc(-c2nc(C3CCCNC3)no2)c(OC)c1. The number of piperidine rings is 1. The predicted molar refractivity (Wildman–Crippen MR) is 77.7 cm³/mol. The van der Waals surface area contributed by atoms with Crippen LogP contribution >= 0.6 is 0 Å². The van der Waals surface area contributed by atoms with Crippen molar-refractivity contribution in [1.82, 2.24) is 15.5 Å². The van der Waals surface area contributed by atoms with Gasteiger partial charge in [0.1, 0.15) is 11.5 Å². The molecule has 0 aliphatic carbocycles. The van der Waals surface area contributed by atoms with Crippen molar-refractivity contribution < 1.29 is 14.0 Å². The van der Waals surface area contributed by atoms with Crippen molar-refractivity contribution in [2.24, 2.45) is 0 Å². The van der Waals surface area contributed by atoms with E-state index in [-0.39, 0.29) is 0 Å². The van der Waals surface area contributed by atoms with E-state index in [1.807, 2.05) is 12.1 Å². The van der Waals surface area contributed by atoms with E-state index in [2.05, 4.69) is 15.5 Å². The fourth-order valence-corrected chi connectivity index (χ4v) is 2.56. The predicted octanol–water partition coefficient (Wildman–Crippen LogP) is 2.22. The molecule has 1 aromatic heterocycles. The number of benzene rings is 1. The topological polar surface area (TPSA) is 69.4 Å². The van der Waals surface area contributed by atoms with Gasteiger partial charge in [0.05, 0.1) is 19.8 Å². The molecule has 1 N–H and O–H groups in total. The van der Waals surface area contributed by atoms with E-state index in [0.717, 1.165) is 43.1 Å². The molecular formula is C15H19N3O3. The molecule has 6 nitrogen and oxygen atoms in total. The molecule has 0 spiro atoms. The molecule has 0 amide bonds. The third-order valence-corrected chi connectivity index (χ3v) is 3.74. The molecule has 0 radical (unpaired) electrons. The average Bonchev–Trinajstić information content (AvgIpc) is 3.04. The van der Waals surface area contributed by atoms with Gasteiger partial charge in [0.25, 0.3) is 5.89 Å². The van der Waals surface area contributed by atoms with Gasteiger partial charge < -0.3 is 19.3 Å². The highest BCUT2D eigenvalue weighted by Gasteiger charge is 2.22. The second-order valence-electron chi connectivity index (χ2n) is 5.07. The van der Waals surface area contributed by atoms with E-state index in [1.165, 1.54) is 0 Å². The van der Waals surface area contributed by atoms with Crippen molar-refractivity contribution in [2.75, 3.05) is 27.3 Å². The molecule has 21 heavy (non-hydrogen) atoms. The fraction of sp³-hybridized carbons (Fsp3) is 0.467. The van der Waals surface area contributed by atoms with Crippen LogP contribution in [-0.4, -0.2) is 37.4 Å². The quantitative estimate of drug-likeness (QED) is 0.930. The summed E-state index contributed by atoms with van der Waals surface area (Å²) in [4.78, 5) is 4.53. The molecule has 1 aliphatic rings. The van der Waals surface area contributed by atoms with Gasteiger partial charge in [-0.25, -0.2) is 0 Å². The van der Waals surface area contributed by atoms with Crippen molar-refractivity contribution in [3.63, 3.8) is 0 Å². The maximum absolute atomic E-state index is 5.41. The Morgan fingerprint density at radius 1 is 1.29 bits per heavy atom. The molecule has 1 unspecified atom stereocenters. The van der Waals surface area contributed by atoms with E-state index < -0.39 is 0 Å². The molecular weight excluding hydrogens is 270 g/mol. The van der Waals surface area contributed by atoms with Gasteiger partial charge in [0.15, 0.2) is 5.82 Å². The van der Waals surface area contributed by atoms with Gasteiger partial charge >= 0.3 is 0 Å². The van der Waals surface area contributed by atoms with Gasteiger partial charge in [0, 0.05) is 18.5 Å². The second-order valence-corrected chi connectivity index (χ2v) is 5.07. The summed E-state index contributed by atoms with van der Waals surface area (Å²) >= 11 is 0. The zero-order valence-electron chi connectivity index (χ0n) is 12.3. The van der Waals surface area contributed by atoms with Crippen LogP contribution in [-0.2, 0) is 0 Å². The highest BCUT2D eigenvalue weighted by atomic mass is 16.5. The lowest BCUT2D eigenvalue weighted by Gasteiger charge is -2.19.